The van der Waals surface area contributed by atoms with Crippen LogP contribution in [-0.2, 0) is 19.4 Å². The summed E-state index contributed by atoms with van der Waals surface area (Å²) in [6.07, 6.45) is 10.5. The molecule has 2 amide bonds. The van der Waals surface area contributed by atoms with Crippen molar-refractivity contribution in [2.24, 2.45) is 0 Å². The first kappa shape index (κ1) is 24.3. The maximum Gasteiger partial charge on any atom is 0.329 e. The Balaban J connectivity index is 2.04. The Labute approximate surface area is 182 Å². The van der Waals surface area contributed by atoms with Crippen LogP contribution in [0.5, 0.6) is 0 Å². The Morgan fingerprint density at radius 3 is 2.67 bits per heavy atom. The SMILES string of the molecule is C=CCCN1CC(OC(=O)CCCCCCCC)N(c2ncc(S(C)(=O)=O)s2)C1=O. The number of ether oxygens (including phenoxy) is 1. The van der Waals surface area contributed by atoms with Crippen LogP contribution in [0.2, 0.25) is 0 Å². The number of amides is 2. The van der Waals surface area contributed by atoms with Gasteiger partial charge in [0.25, 0.3) is 0 Å². The summed E-state index contributed by atoms with van der Waals surface area (Å²) < 4.78 is 29.2. The van der Waals surface area contributed by atoms with Crippen molar-refractivity contribution in [1.82, 2.24) is 9.88 Å². The third-order valence-electron chi connectivity index (χ3n) is 4.79. The molecule has 10 heteroatoms. The topological polar surface area (TPSA) is 96.9 Å². The molecule has 0 aromatic carbocycles. The van der Waals surface area contributed by atoms with E-state index in [1.807, 2.05) is 0 Å². The lowest BCUT2D eigenvalue weighted by molar-refractivity contribution is -0.148. The van der Waals surface area contributed by atoms with Crippen LogP contribution in [0.3, 0.4) is 0 Å². The summed E-state index contributed by atoms with van der Waals surface area (Å²) in [6.45, 7) is 6.48. The maximum atomic E-state index is 12.9. The predicted octanol–water partition coefficient (Wildman–Crippen LogP) is 3.98. The van der Waals surface area contributed by atoms with Gasteiger partial charge in [0.05, 0.1) is 12.7 Å². The monoisotopic (exact) mass is 457 g/mol. The quantitative estimate of drug-likeness (QED) is 0.252. The average Bonchev–Trinajstić information content (AvgIpc) is 3.27. The van der Waals surface area contributed by atoms with Gasteiger partial charge in [-0.3, -0.25) is 4.79 Å². The number of urea groups is 1. The van der Waals surface area contributed by atoms with Gasteiger partial charge in [-0.15, -0.1) is 6.58 Å². The summed E-state index contributed by atoms with van der Waals surface area (Å²) >= 11 is 0.894. The zero-order valence-electron chi connectivity index (χ0n) is 17.7. The molecular formula is C20H31N3O5S2. The Bertz CT molecular complexity index is 837. The molecule has 0 bridgehead atoms. The highest BCUT2D eigenvalue weighted by Crippen LogP contribution is 2.32. The van der Waals surface area contributed by atoms with E-state index in [0.29, 0.717) is 19.4 Å². The van der Waals surface area contributed by atoms with Crippen molar-refractivity contribution in [1.29, 1.82) is 0 Å². The second kappa shape index (κ2) is 11.5. The second-order valence-corrected chi connectivity index (χ2v) is 10.6. The fourth-order valence-corrected chi connectivity index (χ4v) is 4.90. The number of esters is 1. The van der Waals surface area contributed by atoms with Gasteiger partial charge in [-0.05, 0) is 12.8 Å². The van der Waals surface area contributed by atoms with Gasteiger partial charge in [-0.2, -0.15) is 0 Å². The van der Waals surface area contributed by atoms with Gasteiger partial charge in [0.2, 0.25) is 6.23 Å². The van der Waals surface area contributed by atoms with E-state index in [2.05, 4.69) is 18.5 Å². The van der Waals surface area contributed by atoms with E-state index in [1.54, 1.807) is 11.0 Å². The van der Waals surface area contributed by atoms with Crippen LogP contribution in [0.1, 0.15) is 58.3 Å². The fraction of sp³-hybridized carbons (Fsp3) is 0.650. The molecule has 0 N–H and O–H groups in total. The van der Waals surface area contributed by atoms with Crippen molar-refractivity contribution in [3.63, 3.8) is 0 Å². The number of anilines is 1. The molecule has 168 valence electrons. The minimum Gasteiger partial charge on any atom is -0.439 e. The van der Waals surface area contributed by atoms with Crippen LogP contribution in [-0.4, -0.2) is 55.9 Å². The highest BCUT2D eigenvalue weighted by atomic mass is 32.2. The molecule has 1 aromatic heterocycles. The first-order valence-electron chi connectivity index (χ1n) is 10.3. The molecule has 2 heterocycles. The lowest BCUT2D eigenvalue weighted by Crippen LogP contribution is -2.37. The van der Waals surface area contributed by atoms with E-state index in [0.717, 1.165) is 36.9 Å². The van der Waals surface area contributed by atoms with Crippen molar-refractivity contribution in [3.05, 3.63) is 18.9 Å². The Morgan fingerprint density at radius 2 is 2.03 bits per heavy atom. The molecule has 30 heavy (non-hydrogen) atoms. The van der Waals surface area contributed by atoms with E-state index < -0.39 is 16.1 Å². The molecule has 1 atom stereocenters. The summed E-state index contributed by atoms with van der Waals surface area (Å²) in [5.41, 5.74) is 0. The molecule has 8 nitrogen and oxygen atoms in total. The molecule has 0 aliphatic carbocycles. The van der Waals surface area contributed by atoms with Crippen LogP contribution in [0, 0.1) is 0 Å². The van der Waals surface area contributed by atoms with Gasteiger partial charge in [-0.1, -0.05) is 56.4 Å². The van der Waals surface area contributed by atoms with Gasteiger partial charge < -0.3 is 9.64 Å². The van der Waals surface area contributed by atoms with Gasteiger partial charge in [0.15, 0.2) is 15.0 Å². The number of unbranched alkanes of at least 4 members (excludes halogenated alkanes) is 5. The summed E-state index contributed by atoms with van der Waals surface area (Å²) in [5, 5.41) is 0.207. The van der Waals surface area contributed by atoms with Gasteiger partial charge in [-0.25, -0.2) is 23.1 Å². The van der Waals surface area contributed by atoms with E-state index in [-0.39, 0.29) is 27.9 Å². The number of nitrogens with zero attached hydrogens (tertiary/aromatic N) is 3. The lowest BCUT2D eigenvalue weighted by Gasteiger charge is -2.20. The van der Waals surface area contributed by atoms with Crippen molar-refractivity contribution in [3.8, 4) is 0 Å². The van der Waals surface area contributed by atoms with Crippen LogP contribution < -0.4 is 4.90 Å². The minimum atomic E-state index is -3.44. The Morgan fingerprint density at radius 1 is 1.33 bits per heavy atom. The zero-order chi connectivity index (χ0) is 22.1. The van der Waals surface area contributed by atoms with Gasteiger partial charge in [0, 0.05) is 19.2 Å². The highest BCUT2D eigenvalue weighted by Gasteiger charge is 2.42. The van der Waals surface area contributed by atoms with Gasteiger partial charge >= 0.3 is 12.0 Å². The Kier molecular flexibility index (Phi) is 9.29. The normalized spacial score (nSPS) is 16.9. The molecule has 1 unspecified atom stereocenters. The minimum absolute atomic E-state index is 0.0620. The van der Waals surface area contributed by atoms with Crippen molar-refractivity contribution in [2.75, 3.05) is 24.2 Å². The van der Waals surface area contributed by atoms with Crippen LogP contribution in [0.4, 0.5) is 9.93 Å². The first-order valence-corrected chi connectivity index (χ1v) is 13.0. The number of carbonyl (C=O) groups excluding carboxylic acids is 2. The largest absolute Gasteiger partial charge is 0.439 e. The zero-order valence-corrected chi connectivity index (χ0v) is 19.3. The van der Waals surface area contributed by atoms with Crippen molar-refractivity contribution < 1.29 is 22.7 Å². The molecule has 1 aromatic rings. The highest BCUT2D eigenvalue weighted by molar-refractivity contribution is 7.92. The number of rotatable bonds is 13. The molecule has 0 radical (unpaired) electrons. The maximum absolute atomic E-state index is 12.9. The van der Waals surface area contributed by atoms with Crippen molar-refractivity contribution >= 4 is 38.3 Å². The number of carbonyl (C=O) groups is 2. The van der Waals surface area contributed by atoms with Crippen LogP contribution in [0.15, 0.2) is 23.1 Å². The molecule has 0 spiro atoms. The smallest absolute Gasteiger partial charge is 0.329 e. The fourth-order valence-electron chi connectivity index (χ4n) is 3.15. The number of thiazole rings is 1. The molecule has 1 fully saturated rings. The lowest BCUT2D eigenvalue weighted by atomic mass is 10.1. The number of hydrogen-bond acceptors (Lipinski definition) is 7. The third kappa shape index (κ3) is 6.80. The average molecular weight is 458 g/mol. The predicted molar refractivity (Wildman–Crippen MR) is 117 cm³/mol. The summed E-state index contributed by atoms with van der Waals surface area (Å²) in [4.78, 5) is 32.2. The molecule has 2 rings (SSSR count). The molecule has 0 saturated carbocycles. The molecule has 1 saturated heterocycles. The number of sulfone groups is 1. The van der Waals surface area contributed by atoms with E-state index >= 15 is 0 Å². The molecular weight excluding hydrogens is 426 g/mol. The van der Waals surface area contributed by atoms with E-state index in [4.69, 9.17) is 4.74 Å². The summed E-state index contributed by atoms with van der Waals surface area (Å²) in [7, 11) is -3.44. The standard InChI is InChI=1S/C20H31N3O5S2/c1-4-6-8-9-10-11-12-17(24)28-16-15-22(13-7-5-2)20(25)23(16)19-21-14-18(29-19)30(3,26)27/h5,14,16H,2,4,6-13,15H2,1,3H3. The second-order valence-electron chi connectivity index (χ2n) is 7.37. The first-order chi connectivity index (χ1) is 14.3. The van der Waals surface area contributed by atoms with E-state index in [9.17, 15) is 18.0 Å². The third-order valence-corrected chi connectivity index (χ3v) is 7.58. The number of aromatic nitrogens is 1. The van der Waals surface area contributed by atoms with Crippen LogP contribution in [0.25, 0.3) is 0 Å². The van der Waals surface area contributed by atoms with Crippen molar-refractivity contribution in [2.45, 2.75) is 68.7 Å². The summed E-state index contributed by atoms with van der Waals surface area (Å²) in [6, 6.07) is -0.358. The van der Waals surface area contributed by atoms with E-state index in [1.165, 1.54) is 30.4 Å². The van der Waals surface area contributed by atoms with Crippen LogP contribution >= 0.6 is 11.3 Å². The summed E-state index contributed by atoms with van der Waals surface area (Å²) in [5.74, 6) is -0.362. The number of hydrogen-bond donors (Lipinski definition) is 0. The molecule has 1 aliphatic rings. The Hall–Kier alpha value is -1.94. The molecule has 1 aliphatic heterocycles. The van der Waals surface area contributed by atoms with Gasteiger partial charge in [0.1, 0.15) is 4.21 Å².